The lowest BCUT2D eigenvalue weighted by Gasteiger charge is -2.33. The van der Waals surface area contributed by atoms with Crippen LogP contribution in [0, 0.1) is 21.4 Å². The minimum atomic E-state index is -4.15. The molecule has 2 atom stereocenters. The second-order valence-corrected chi connectivity index (χ2v) is 11.1. The topological polar surface area (TPSA) is 172 Å². The molecule has 3 aromatic rings. The number of carbonyl (C=O) groups is 1. The summed E-state index contributed by atoms with van der Waals surface area (Å²) in [6.07, 6.45) is 1.43. The maximum absolute atomic E-state index is 13.4. The normalized spacial score (nSPS) is 16.6. The van der Waals surface area contributed by atoms with Crippen molar-refractivity contribution >= 4 is 38.3 Å². The van der Waals surface area contributed by atoms with E-state index < -0.39 is 26.9 Å². The van der Waals surface area contributed by atoms with Crippen molar-refractivity contribution in [1.82, 2.24) is 14.9 Å². The molecule has 1 saturated heterocycles. The van der Waals surface area contributed by atoms with E-state index in [1.165, 1.54) is 30.3 Å². The summed E-state index contributed by atoms with van der Waals surface area (Å²) in [6, 6.07) is 16.6. The Hall–Kier alpha value is -4.03. The first kappa shape index (κ1) is 27.0. The third kappa shape index (κ3) is 6.45. The Bertz CT molecular complexity index is 1460. The highest BCUT2D eigenvalue weighted by atomic mass is 32.2. The molecule has 1 amide bonds. The number of benzene rings is 3. The molecule has 5 N–H and O–H groups in total. The molecule has 0 aliphatic carbocycles. The fourth-order valence-corrected chi connectivity index (χ4v) is 5.91. The monoisotopic (exact) mass is 538 g/mol. The van der Waals surface area contributed by atoms with Gasteiger partial charge in [-0.05, 0) is 41.7 Å². The van der Waals surface area contributed by atoms with Crippen molar-refractivity contribution in [2.45, 2.75) is 30.2 Å². The summed E-state index contributed by atoms with van der Waals surface area (Å²) in [5, 5.41) is 23.6. The molecular weight excluding hydrogens is 508 g/mol. The molecular formula is C26H30N6O5S. The summed E-state index contributed by atoms with van der Waals surface area (Å²) in [5.41, 5.74) is 5.65. The standard InChI is InChI=1S/C26H30N6O5S/c27-26(28)31-13-5-6-18(17-31)16-29-25(33)23(15-21-9-3-4-10-24(21)32(34)35)30-38(36,37)22-12-11-19-7-1-2-8-20(19)14-22/h1-4,7-12,14,18,23,30H,5-6,13,15-17H2,(H3,27,28)(H,29,33)/t18?,23-/m1/s1. The molecule has 0 aromatic heterocycles. The zero-order valence-electron chi connectivity index (χ0n) is 20.7. The van der Waals surface area contributed by atoms with Gasteiger partial charge in [0.2, 0.25) is 15.9 Å². The summed E-state index contributed by atoms with van der Waals surface area (Å²) in [7, 11) is -4.15. The zero-order chi connectivity index (χ0) is 27.3. The quantitative estimate of drug-likeness (QED) is 0.140. The van der Waals surface area contributed by atoms with Gasteiger partial charge < -0.3 is 16.0 Å². The number of sulfonamides is 1. The van der Waals surface area contributed by atoms with E-state index in [9.17, 15) is 23.3 Å². The lowest BCUT2D eigenvalue weighted by atomic mass is 9.98. The van der Waals surface area contributed by atoms with E-state index in [-0.39, 0.29) is 41.0 Å². The molecule has 200 valence electrons. The number of guanidine groups is 1. The van der Waals surface area contributed by atoms with Gasteiger partial charge >= 0.3 is 0 Å². The molecule has 0 radical (unpaired) electrons. The number of para-hydroxylation sites is 1. The fourth-order valence-electron chi connectivity index (χ4n) is 4.68. The maximum atomic E-state index is 13.4. The van der Waals surface area contributed by atoms with Gasteiger partial charge in [0.25, 0.3) is 5.69 Å². The van der Waals surface area contributed by atoms with Gasteiger partial charge in [0.15, 0.2) is 5.96 Å². The predicted molar refractivity (Wildman–Crippen MR) is 144 cm³/mol. The Morgan fingerprint density at radius 3 is 2.58 bits per heavy atom. The number of likely N-dealkylation sites (tertiary alicyclic amines) is 1. The third-order valence-electron chi connectivity index (χ3n) is 6.68. The zero-order valence-corrected chi connectivity index (χ0v) is 21.5. The van der Waals surface area contributed by atoms with E-state index in [0.717, 1.165) is 23.6 Å². The van der Waals surface area contributed by atoms with Gasteiger partial charge in [0.1, 0.15) is 6.04 Å². The Morgan fingerprint density at radius 2 is 1.84 bits per heavy atom. The Balaban J connectivity index is 1.57. The van der Waals surface area contributed by atoms with Crippen molar-refractivity contribution in [1.29, 1.82) is 5.41 Å². The molecule has 1 heterocycles. The number of hydrogen-bond acceptors (Lipinski definition) is 6. The second-order valence-electron chi connectivity index (χ2n) is 9.36. The van der Waals surface area contributed by atoms with Crippen LogP contribution in [-0.4, -0.2) is 55.8 Å². The van der Waals surface area contributed by atoms with Gasteiger partial charge in [0, 0.05) is 37.7 Å². The van der Waals surface area contributed by atoms with Crippen molar-refractivity contribution in [3.8, 4) is 0 Å². The number of fused-ring (bicyclic) bond motifs is 1. The van der Waals surface area contributed by atoms with E-state index in [2.05, 4.69) is 10.0 Å². The van der Waals surface area contributed by atoms with E-state index in [0.29, 0.717) is 13.1 Å². The van der Waals surface area contributed by atoms with Crippen LogP contribution in [0.25, 0.3) is 10.8 Å². The summed E-state index contributed by atoms with van der Waals surface area (Å²) < 4.78 is 29.2. The maximum Gasteiger partial charge on any atom is 0.272 e. The first-order valence-electron chi connectivity index (χ1n) is 12.2. The van der Waals surface area contributed by atoms with Gasteiger partial charge in [-0.25, -0.2) is 8.42 Å². The van der Waals surface area contributed by atoms with E-state index in [1.54, 1.807) is 29.2 Å². The molecule has 1 aliphatic rings. The number of nitro benzene ring substituents is 1. The number of piperidine rings is 1. The van der Waals surface area contributed by atoms with Crippen LogP contribution in [0.2, 0.25) is 0 Å². The fraction of sp³-hybridized carbons (Fsp3) is 0.308. The molecule has 0 saturated carbocycles. The molecule has 3 aromatic carbocycles. The van der Waals surface area contributed by atoms with Gasteiger partial charge in [-0.1, -0.05) is 48.5 Å². The van der Waals surface area contributed by atoms with Crippen LogP contribution in [-0.2, 0) is 21.2 Å². The van der Waals surface area contributed by atoms with Crippen LogP contribution < -0.4 is 15.8 Å². The number of hydrogen-bond donors (Lipinski definition) is 4. The Morgan fingerprint density at radius 1 is 1.13 bits per heavy atom. The van der Waals surface area contributed by atoms with E-state index in [1.807, 2.05) is 12.1 Å². The summed E-state index contributed by atoms with van der Waals surface area (Å²) in [4.78, 5) is 26.0. The van der Waals surface area contributed by atoms with Crippen molar-refractivity contribution in [2.75, 3.05) is 19.6 Å². The van der Waals surface area contributed by atoms with Crippen LogP contribution in [0.5, 0.6) is 0 Å². The van der Waals surface area contributed by atoms with Gasteiger partial charge in [0.05, 0.1) is 9.82 Å². The third-order valence-corrected chi connectivity index (χ3v) is 8.15. The molecule has 0 bridgehead atoms. The van der Waals surface area contributed by atoms with E-state index >= 15 is 0 Å². The highest BCUT2D eigenvalue weighted by Gasteiger charge is 2.30. The van der Waals surface area contributed by atoms with Crippen LogP contribution in [0.4, 0.5) is 5.69 Å². The second kappa shape index (κ2) is 11.6. The van der Waals surface area contributed by atoms with Crippen LogP contribution in [0.1, 0.15) is 18.4 Å². The number of amides is 1. The molecule has 1 fully saturated rings. The molecule has 0 spiro atoms. The lowest BCUT2D eigenvalue weighted by Crippen LogP contribution is -2.51. The van der Waals surface area contributed by atoms with Gasteiger partial charge in [-0.2, -0.15) is 4.72 Å². The predicted octanol–water partition coefficient (Wildman–Crippen LogP) is 2.36. The summed E-state index contributed by atoms with van der Waals surface area (Å²) >= 11 is 0. The molecule has 4 rings (SSSR count). The minimum absolute atomic E-state index is 0.0130. The average molecular weight is 539 g/mol. The number of nitrogens with two attached hydrogens (primary N) is 1. The minimum Gasteiger partial charge on any atom is -0.370 e. The van der Waals surface area contributed by atoms with Crippen LogP contribution in [0.15, 0.2) is 71.6 Å². The van der Waals surface area contributed by atoms with Crippen LogP contribution in [0.3, 0.4) is 0 Å². The number of rotatable bonds is 9. The summed E-state index contributed by atoms with van der Waals surface area (Å²) in [5.74, 6) is -0.591. The largest absolute Gasteiger partial charge is 0.370 e. The van der Waals surface area contributed by atoms with Crippen molar-refractivity contribution < 1.29 is 18.1 Å². The summed E-state index contributed by atoms with van der Waals surface area (Å²) in [6.45, 7) is 1.44. The molecule has 11 nitrogen and oxygen atoms in total. The Labute approximate surface area is 220 Å². The lowest BCUT2D eigenvalue weighted by molar-refractivity contribution is -0.385. The first-order chi connectivity index (χ1) is 18.1. The number of nitrogens with one attached hydrogen (secondary N) is 3. The van der Waals surface area contributed by atoms with E-state index in [4.69, 9.17) is 11.1 Å². The van der Waals surface area contributed by atoms with Crippen LogP contribution >= 0.6 is 0 Å². The first-order valence-corrected chi connectivity index (χ1v) is 13.7. The number of nitrogens with zero attached hydrogens (tertiary/aromatic N) is 2. The average Bonchev–Trinajstić information content (AvgIpc) is 2.91. The van der Waals surface area contributed by atoms with Gasteiger partial charge in [-0.15, -0.1) is 0 Å². The smallest absolute Gasteiger partial charge is 0.272 e. The SMILES string of the molecule is N=C(N)N1CCCC(CNC(=O)[C@@H](Cc2ccccc2[N+](=O)[O-])NS(=O)(=O)c2ccc3ccccc3c2)C1. The molecule has 38 heavy (non-hydrogen) atoms. The highest BCUT2D eigenvalue weighted by Crippen LogP contribution is 2.22. The Kier molecular flexibility index (Phi) is 8.23. The number of carbonyl (C=O) groups excluding carboxylic acids is 1. The molecule has 1 unspecified atom stereocenters. The van der Waals surface area contributed by atoms with Crippen molar-refractivity contribution in [2.24, 2.45) is 11.7 Å². The highest BCUT2D eigenvalue weighted by molar-refractivity contribution is 7.89. The molecule has 1 aliphatic heterocycles. The van der Waals surface area contributed by atoms with Crippen molar-refractivity contribution in [3.63, 3.8) is 0 Å². The van der Waals surface area contributed by atoms with Crippen molar-refractivity contribution in [3.05, 3.63) is 82.4 Å². The number of nitro groups is 1. The molecule has 12 heteroatoms. The van der Waals surface area contributed by atoms with Gasteiger partial charge in [-0.3, -0.25) is 20.3 Å².